The summed E-state index contributed by atoms with van der Waals surface area (Å²) in [5, 5.41) is 11.1. The molecule has 0 heterocycles. The van der Waals surface area contributed by atoms with Crippen LogP contribution in [0.4, 0.5) is 4.79 Å². The highest BCUT2D eigenvalue weighted by atomic mass is 16.3. The number of carbonyl (C=O) groups excluding carboxylic acids is 1. The first-order valence-corrected chi connectivity index (χ1v) is 3.82. The van der Waals surface area contributed by atoms with Crippen LogP contribution in [-0.4, -0.2) is 42.8 Å². The smallest absolute Gasteiger partial charge is 0.317 e. The van der Waals surface area contributed by atoms with Gasteiger partial charge >= 0.3 is 6.03 Å². The first kappa shape index (κ1) is 10.2. The van der Waals surface area contributed by atoms with Crippen molar-refractivity contribution in [2.45, 2.75) is 13.3 Å². The molecule has 0 aromatic carbocycles. The standard InChI is InChI=1S/C7H16N2O2/c1-3-9(2)7(11)8-5-4-6-10/h10H,3-6H2,1-2H3,(H,8,11). The van der Waals surface area contributed by atoms with E-state index in [-0.39, 0.29) is 12.6 Å². The lowest BCUT2D eigenvalue weighted by Crippen LogP contribution is -2.37. The molecule has 0 aliphatic heterocycles. The van der Waals surface area contributed by atoms with Gasteiger partial charge in [-0.1, -0.05) is 0 Å². The van der Waals surface area contributed by atoms with Crippen molar-refractivity contribution in [3.8, 4) is 0 Å². The molecule has 0 radical (unpaired) electrons. The number of amides is 2. The van der Waals surface area contributed by atoms with Crippen LogP contribution in [-0.2, 0) is 0 Å². The number of aliphatic hydroxyl groups is 1. The first-order chi connectivity index (χ1) is 5.22. The zero-order valence-electron chi connectivity index (χ0n) is 7.13. The molecule has 0 saturated heterocycles. The molecule has 0 fully saturated rings. The number of nitrogens with one attached hydrogen (secondary N) is 1. The van der Waals surface area contributed by atoms with Crippen LogP contribution in [0.25, 0.3) is 0 Å². The Labute approximate surface area is 67.2 Å². The molecule has 0 aliphatic carbocycles. The van der Waals surface area contributed by atoms with Gasteiger partial charge in [0.1, 0.15) is 0 Å². The van der Waals surface area contributed by atoms with Crippen LogP contribution >= 0.6 is 0 Å². The quantitative estimate of drug-likeness (QED) is 0.570. The van der Waals surface area contributed by atoms with Gasteiger partial charge in [-0.05, 0) is 13.3 Å². The van der Waals surface area contributed by atoms with E-state index in [1.54, 1.807) is 11.9 Å². The van der Waals surface area contributed by atoms with Crippen molar-refractivity contribution in [2.24, 2.45) is 0 Å². The molecule has 0 aromatic rings. The first-order valence-electron chi connectivity index (χ1n) is 3.82. The zero-order chi connectivity index (χ0) is 8.69. The molecule has 0 unspecified atom stereocenters. The number of hydrogen-bond acceptors (Lipinski definition) is 2. The third-order valence-corrected chi connectivity index (χ3v) is 1.43. The topological polar surface area (TPSA) is 52.6 Å². The Hall–Kier alpha value is -0.770. The summed E-state index contributed by atoms with van der Waals surface area (Å²) in [4.78, 5) is 12.6. The van der Waals surface area contributed by atoms with Gasteiger partial charge < -0.3 is 15.3 Å². The fraction of sp³-hybridized carbons (Fsp3) is 0.857. The van der Waals surface area contributed by atoms with E-state index in [0.29, 0.717) is 19.5 Å². The van der Waals surface area contributed by atoms with Gasteiger partial charge in [-0.15, -0.1) is 0 Å². The summed E-state index contributed by atoms with van der Waals surface area (Å²) < 4.78 is 0. The molecule has 0 bridgehead atoms. The van der Waals surface area contributed by atoms with Crippen LogP contribution in [0.2, 0.25) is 0 Å². The zero-order valence-corrected chi connectivity index (χ0v) is 7.13. The van der Waals surface area contributed by atoms with E-state index in [1.165, 1.54) is 0 Å². The lowest BCUT2D eigenvalue weighted by Gasteiger charge is -2.14. The maximum absolute atomic E-state index is 11.0. The highest BCUT2D eigenvalue weighted by Gasteiger charge is 2.02. The summed E-state index contributed by atoms with van der Waals surface area (Å²) in [6, 6.07) is -0.0825. The van der Waals surface area contributed by atoms with Crippen molar-refractivity contribution < 1.29 is 9.90 Å². The fourth-order valence-electron chi connectivity index (χ4n) is 0.553. The van der Waals surface area contributed by atoms with E-state index in [2.05, 4.69) is 5.32 Å². The summed E-state index contributed by atoms with van der Waals surface area (Å²) in [7, 11) is 1.73. The Bertz CT molecular complexity index is 117. The minimum atomic E-state index is -0.0825. The fourth-order valence-corrected chi connectivity index (χ4v) is 0.553. The Morgan fingerprint density at radius 3 is 2.73 bits per heavy atom. The molecule has 0 spiro atoms. The second kappa shape index (κ2) is 5.97. The molecule has 0 aliphatic rings. The summed E-state index contributed by atoms with van der Waals surface area (Å²) in [6.45, 7) is 3.27. The average molecular weight is 160 g/mol. The monoisotopic (exact) mass is 160 g/mol. The van der Waals surface area contributed by atoms with E-state index in [0.717, 1.165) is 0 Å². The van der Waals surface area contributed by atoms with Crippen LogP contribution in [0.15, 0.2) is 0 Å². The number of hydrogen-bond donors (Lipinski definition) is 2. The largest absolute Gasteiger partial charge is 0.396 e. The molecule has 0 rings (SSSR count). The third-order valence-electron chi connectivity index (χ3n) is 1.43. The Kier molecular flexibility index (Phi) is 5.56. The SMILES string of the molecule is CCN(C)C(=O)NCCCO. The predicted octanol–water partition coefficient (Wildman–Crippen LogP) is 0.0301. The summed E-state index contributed by atoms with van der Waals surface area (Å²) in [6.07, 6.45) is 0.614. The van der Waals surface area contributed by atoms with Crippen molar-refractivity contribution in [1.29, 1.82) is 0 Å². The Morgan fingerprint density at radius 2 is 2.27 bits per heavy atom. The summed E-state index contributed by atoms with van der Waals surface area (Å²) in [5.41, 5.74) is 0. The van der Waals surface area contributed by atoms with Gasteiger partial charge in [-0.2, -0.15) is 0 Å². The molecule has 11 heavy (non-hydrogen) atoms. The van der Waals surface area contributed by atoms with Crippen LogP contribution in [0, 0.1) is 0 Å². The minimum Gasteiger partial charge on any atom is -0.396 e. The Morgan fingerprint density at radius 1 is 1.64 bits per heavy atom. The molecular weight excluding hydrogens is 144 g/mol. The van der Waals surface area contributed by atoms with Crippen molar-refractivity contribution in [2.75, 3.05) is 26.7 Å². The van der Waals surface area contributed by atoms with Gasteiger partial charge in [0.25, 0.3) is 0 Å². The normalized spacial score (nSPS) is 9.36. The number of aliphatic hydroxyl groups excluding tert-OH is 1. The number of carbonyl (C=O) groups is 1. The third kappa shape index (κ3) is 4.61. The molecule has 4 nitrogen and oxygen atoms in total. The molecule has 0 atom stereocenters. The molecular formula is C7H16N2O2. The van der Waals surface area contributed by atoms with E-state index in [4.69, 9.17) is 5.11 Å². The average Bonchev–Trinajstić information content (AvgIpc) is 2.03. The van der Waals surface area contributed by atoms with Crippen LogP contribution in [0.3, 0.4) is 0 Å². The maximum Gasteiger partial charge on any atom is 0.317 e. The minimum absolute atomic E-state index is 0.0825. The van der Waals surface area contributed by atoms with Crippen LogP contribution in [0.1, 0.15) is 13.3 Å². The van der Waals surface area contributed by atoms with Gasteiger partial charge in [0.2, 0.25) is 0 Å². The number of rotatable bonds is 4. The van der Waals surface area contributed by atoms with Gasteiger partial charge in [0.05, 0.1) is 0 Å². The molecule has 66 valence electrons. The maximum atomic E-state index is 11.0. The van der Waals surface area contributed by atoms with Gasteiger partial charge in [-0.3, -0.25) is 0 Å². The molecule has 4 heteroatoms. The lowest BCUT2D eigenvalue weighted by molar-refractivity contribution is 0.209. The second-order valence-electron chi connectivity index (χ2n) is 2.32. The number of urea groups is 1. The van der Waals surface area contributed by atoms with E-state index >= 15 is 0 Å². The van der Waals surface area contributed by atoms with Crippen LogP contribution in [0.5, 0.6) is 0 Å². The van der Waals surface area contributed by atoms with E-state index in [9.17, 15) is 4.79 Å². The molecule has 2 amide bonds. The van der Waals surface area contributed by atoms with Crippen molar-refractivity contribution in [1.82, 2.24) is 10.2 Å². The molecule has 2 N–H and O–H groups in total. The van der Waals surface area contributed by atoms with Crippen molar-refractivity contribution in [3.63, 3.8) is 0 Å². The van der Waals surface area contributed by atoms with Crippen LogP contribution < -0.4 is 5.32 Å². The van der Waals surface area contributed by atoms with E-state index < -0.39 is 0 Å². The Balaban J connectivity index is 3.36. The number of nitrogens with zero attached hydrogens (tertiary/aromatic N) is 1. The van der Waals surface area contributed by atoms with E-state index in [1.807, 2.05) is 6.92 Å². The predicted molar refractivity (Wildman–Crippen MR) is 43.4 cm³/mol. The molecule has 0 aromatic heterocycles. The summed E-state index contributed by atoms with van der Waals surface area (Å²) in [5.74, 6) is 0. The van der Waals surface area contributed by atoms with Crippen molar-refractivity contribution in [3.05, 3.63) is 0 Å². The second-order valence-corrected chi connectivity index (χ2v) is 2.32. The van der Waals surface area contributed by atoms with Crippen molar-refractivity contribution >= 4 is 6.03 Å². The van der Waals surface area contributed by atoms with Gasteiger partial charge in [0, 0.05) is 26.7 Å². The molecule has 0 saturated carbocycles. The highest BCUT2D eigenvalue weighted by Crippen LogP contribution is 1.82. The lowest BCUT2D eigenvalue weighted by atomic mass is 10.4. The summed E-state index contributed by atoms with van der Waals surface area (Å²) >= 11 is 0. The highest BCUT2D eigenvalue weighted by molar-refractivity contribution is 5.73. The van der Waals surface area contributed by atoms with Gasteiger partial charge in [-0.25, -0.2) is 4.79 Å². The van der Waals surface area contributed by atoms with Gasteiger partial charge in [0.15, 0.2) is 0 Å².